The van der Waals surface area contributed by atoms with Crippen LogP contribution in [0.1, 0.15) is 84.0 Å². The first-order valence-electron chi connectivity index (χ1n) is 13.1. The largest absolute Gasteiger partial charge is 0.306 e. The molecule has 3 spiro atoms. The van der Waals surface area contributed by atoms with Crippen molar-refractivity contribution < 1.29 is 0 Å². The smallest absolute Gasteiger partial charge is 0.0106 e. The van der Waals surface area contributed by atoms with Gasteiger partial charge in [0.2, 0.25) is 0 Å². The molecule has 6 aliphatic rings. The summed E-state index contributed by atoms with van der Waals surface area (Å²) in [7, 11) is 2.30. The van der Waals surface area contributed by atoms with Crippen molar-refractivity contribution in [3.8, 4) is 0 Å². The van der Waals surface area contributed by atoms with Gasteiger partial charge in [0.25, 0.3) is 0 Å². The van der Waals surface area contributed by atoms with Crippen LogP contribution in [0.2, 0.25) is 0 Å². The SMILES string of the molecule is CC1CCC2(CC1)CN(C1CC3(CCN(C4CC5(CCN(C)CC5)C4)CC3)C1)C2. The van der Waals surface area contributed by atoms with Gasteiger partial charge in [0.15, 0.2) is 0 Å². The molecule has 29 heavy (non-hydrogen) atoms. The highest BCUT2D eigenvalue weighted by atomic mass is 15.3. The van der Waals surface area contributed by atoms with Crippen LogP contribution in [-0.4, -0.2) is 73.1 Å². The first-order chi connectivity index (χ1) is 14.0. The summed E-state index contributed by atoms with van der Waals surface area (Å²) < 4.78 is 0. The molecule has 3 saturated heterocycles. The Hall–Kier alpha value is -0.120. The summed E-state index contributed by atoms with van der Waals surface area (Å²) >= 11 is 0. The van der Waals surface area contributed by atoms with E-state index >= 15 is 0 Å². The molecule has 0 amide bonds. The lowest BCUT2D eigenvalue weighted by Crippen LogP contribution is -2.66. The zero-order valence-electron chi connectivity index (χ0n) is 19.3. The molecule has 0 N–H and O–H groups in total. The highest BCUT2D eigenvalue weighted by molar-refractivity contribution is 5.08. The number of rotatable bonds is 2. The van der Waals surface area contributed by atoms with Gasteiger partial charge in [-0.05, 0) is 120 Å². The monoisotopic (exact) mass is 399 g/mol. The molecule has 0 radical (unpaired) electrons. The maximum atomic E-state index is 2.91. The molecule has 3 aliphatic carbocycles. The van der Waals surface area contributed by atoms with Gasteiger partial charge in [0.1, 0.15) is 0 Å². The minimum atomic E-state index is 0.748. The van der Waals surface area contributed by atoms with E-state index in [9.17, 15) is 0 Å². The molecule has 0 bridgehead atoms. The molecular weight excluding hydrogens is 354 g/mol. The number of hydrogen-bond donors (Lipinski definition) is 0. The van der Waals surface area contributed by atoms with Gasteiger partial charge in [-0.1, -0.05) is 19.8 Å². The van der Waals surface area contributed by atoms with Crippen molar-refractivity contribution in [1.29, 1.82) is 0 Å². The summed E-state index contributed by atoms with van der Waals surface area (Å²) in [4.78, 5) is 8.33. The average molecular weight is 400 g/mol. The van der Waals surface area contributed by atoms with Crippen molar-refractivity contribution in [3.63, 3.8) is 0 Å². The van der Waals surface area contributed by atoms with Crippen LogP contribution in [0.3, 0.4) is 0 Å². The van der Waals surface area contributed by atoms with Gasteiger partial charge in [-0.25, -0.2) is 0 Å². The van der Waals surface area contributed by atoms with Crippen LogP contribution in [-0.2, 0) is 0 Å². The Labute approximate surface area is 179 Å². The van der Waals surface area contributed by atoms with Gasteiger partial charge in [0, 0.05) is 25.2 Å². The zero-order chi connectivity index (χ0) is 19.7. The van der Waals surface area contributed by atoms with Crippen LogP contribution < -0.4 is 0 Å². The second-order valence-corrected chi connectivity index (χ2v) is 13.1. The maximum absolute atomic E-state index is 2.91. The van der Waals surface area contributed by atoms with Crippen molar-refractivity contribution >= 4 is 0 Å². The minimum Gasteiger partial charge on any atom is -0.306 e. The van der Waals surface area contributed by atoms with E-state index in [1.54, 1.807) is 0 Å². The van der Waals surface area contributed by atoms with Crippen LogP contribution >= 0.6 is 0 Å². The molecular formula is C26H45N3. The highest BCUT2D eigenvalue weighted by Gasteiger charge is 2.55. The average Bonchev–Trinajstić information content (AvgIpc) is 2.65. The maximum Gasteiger partial charge on any atom is 0.0106 e. The van der Waals surface area contributed by atoms with E-state index in [1.165, 1.54) is 116 Å². The molecule has 3 aliphatic heterocycles. The summed E-state index contributed by atoms with van der Waals surface area (Å²) in [5, 5.41) is 0. The lowest BCUT2D eigenvalue weighted by Gasteiger charge is -2.63. The molecule has 164 valence electrons. The first-order valence-corrected chi connectivity index (χ1v) is 13.1. The molecule has 3 heterocycles. The number of nitrogens with zero attached hydrogens (tertiary/aromatic N) is 3. The quantitative estimate of drug-likeness (QED) is 0.671. The second-order valence-electron chi connectivity index (χ2n) is 13.1. The molecule has 6 rings (SSSR count). The van der Waals surface area contributed by atoms with Crippen LogP contribution in [0.5, 0.6) is 0 Å². The fourth-order valence-electron chi connectivity index (χ4n) is 8.43. The van der Waals surface area contributed by atoms with Crippen molar-refractivity contribution in [1.82, 2.24) is 14.7 Å². The van der Waals surface area contributed by atoms with Gasteiger partial charge in [-0.15, -0.1) is 0 Å². The molecule has 0 aromatic heterocycles. The Bertz CT molecular complexity index is 581. The van der Waals surface area contributed by atoms with Crippen molar-refractivity contribution in [2.24, 2.45) is 22.2 Å². The third kappa shape index (κ3) is 3.42. The Morgan fingerprint density at radius 3 is 1.62 bits per heavy atom. The van der Waals surface area contributed by atoms with Gasteiger partial charge in [-0.2, -0.15) is 0 Å². The molecule has 0 unspecified atom stereocenters. The van der Waals surface area contributed by atoms with E-state index in [0.717, 1.165) is 34.2 Å². The topological polar surface area (TPSA) is 9.72 Å². The van der Waals surface area contributed by atoms with Crippen LogP contribution in [0.25, 0.3) is 0 Å². The summed E-state index contributed by atoms with van der Waals surface area (Å²) in [6, 6.07) is 1.90. The minimum absolute atomic E-state index is 0.748. The molecule has 3 heteroatoms. The molecule has 3 saturated carbocycles. The van der Waals surface area contributed by atoms with E-state index in [1.807, 2.05) is 0 Å². The van der Waals surface area contributed by atoms with Crippen LogP contribution in [0.4, 0.5) is 0 Å². The van der Waals surface area contributed by atoms with Gasteiger partial charge >= 0.3 is 0 Å². The normalized spacial score (nSPS) is 39.9. The standard InChI is InChI=1S/C26H45N3/c1-21-3-5-26(6-4-21)19-29(20-26)23-17-25(18-23)9-13-28(14-10-25)22-15-24(16-22)7-11-27(2)12-8-24/h21-23H,3-20H2,1-2H3. The predicted octanol–water partition coefficient (Wildman–Crippen LogP) is 4.62. The number of likely N-dealkylation sites (tertiary alicyclic amines) is 3. The van der Waals surface area contributed by atoms with Crippen molar-refractivity contribution in [3.05, 3.63) is 0 Å². The van der Waals surface area contributed by atoms with E-state index in [0.29, 0.717) is 0 Å². The Kier molecular flexibility index (Phi) is 4.68. The fourth-order valence-corrected chi connectivity index (χ4v) is 8.43. The molecule has 0 aromatic rings. The molecule has 0 aromatic carbocycles. The number of hydrogen-bond acceptors (Lipinski definition) is 3. The summed E-state index contributed by atoms with van der Waals surface area (Å²) in [6.45, 7) is 10.9. The summed E-state index contributed by atoms with van der Waals surface area (Å²) in [5.41, 5.74) is 2.25. The molecule has 0 atom stereocenters. The van der Waals surface area contributed by atoms with E-state index < -0.39 is 0 Å². The van der Waals surface area contributed by atoms with E-state index in [4.69, 9.17) is 0 Å². The van der Waals surface area contributed by atoms with Crippen molar-refractivity contribution in [2.75, 3.05) is 46.3 Å². The Morgan fingerprint density at radius 1 is 0.586 bits per heavy atom. The van der Waals surface area contributed by atoms with E-state index in [2.05, 4.69) is 28.7 Å². The highest BCUT2D eigenvalue weighted by Crippen LogP contribution is 2.57. The third-order valence-corrected chi connectivity index (χ3v) is 11.0. The number of piperidine rings is 2. The molecule has 6 fully saturated rings. The first kappa shape index (κ1) is 19.6. The predicted molar refractivity (Wildman–Crippen MR) is 120 cm³/mol. The lowest BCUT2D eigenvalue weighted by molar-refractivity contribution is -0.133. The van der Waals surface area contributed by atoms with Gasteiger partial charge in [-0.3, -0.25) is 4.90 Å². The van der Waals surface area contributed by atoms with Gasteiger partial charge < -0.3 is 9.80 Å². The Balaban J connectivity index is 0.930. The van der Waals surface area contributed by atoms with Crippen LogP contribution in [0.15, 0.2) is 0 Å². The second kappa shape index (κ2) is 6.94. The van der Waals surface area contributed by atoms with Crippen molar-refractivity contribution in [2.45, 2.75) is 96.1 Å². The zero-order valence-corrected chi connectivity index (χ0v) is 19.3. The summed E-state index contributed by atoms with van der Waals surface area (Å²) in [6.07, 6.45) is 18.1. The fraction of sp³-hybridized carbons (Fsp3) is 1.00. The summed E-state index contributed by atoms with van der Waals surface area (Å²) in [5.74, 6) is 0.997. The van der Waals surface area contributed by atoms with E-state index in [-0.39, 0.29) is 0 Å². The van der Waals surface area contributed by atoms with Gasteiger partial charge in [0.05, 0.1) is 0 Å². The Morgan fingerprint density at radius 2 is 1.07 bits per heavy atom. The molecule has 3 nitrogen and oxygen atoms in total. The third-order valence-electron chi connectivity index (χ3n) is 11.0. The van der Waals surface area contributed by atoms with Crippen LogP contribution in [0, 0.1) is 22.2 Å². The lowest BCUT2D eigenvalue weighted by atomic mass is 9.56.